The van der Waals surface area contributed by atoms with Crippen molar-refractivity contribution >= 4 is 32.8 Å². The van der Waals surface area contributed by atoms with Crippen molar-refractivity contribution in [1.29, 1.82) is 0 Å². The zero-order chi connectivity index (χ0) is 14.6. The van der Waals surface area contributed by atoms with Crippen LogP contribution in [0.2, 0.25) is 0 Å². The van der Waals surface area contributed by atoms with Crippen LogP contribution in [-0.4, -0.2) is 27.5 Å². The molecule has 4 rings (SSSR count). The number of hydrogen-bond acceptors (Lipinski definition) is 3. The summed E-state index contributed by atoms with van der Waals surface area (Å²) in [4.78, 5) is 19.0. The molecule has 21 heavy (non-hydrogen) atoms. The molecule has 2 aliphatic rings. The molecular weight excluding hydrogens is 332 g/mol. The van der Waals surface area contributed by atoms with E-state index in [0.717, 1.165) is 39.6 Å². The number of fused-ring (bicyclic) bond motifs is 4. The fourth-order valence-electron chi connectivity index (χ4n) is 3.69. The first kappa shape index (κ1) is 13.2. The molecule has 0 saturated carbocycles. The van der Waals surface area contributed by atoms with E-state index in [0.29, 0.717) is 18.2 Å². The average molecular weight is 347 g/mol. The van der Waals surface area contributed by atoms with E-state index in [4.69, 9.17) is 4.98 Å². The van der Waals surface area contributed by atoms with E-state index in [-0.39, 0.29) is 0 Å². The molecule has 1 fully saturated rings. The molecule has 0 spiro atoms. The Balaban J connectivity index is 2.04. The quantitative estimate of drug-likeness (QED) is 0.854. The third-order valence-corrected chi connectivity index (χ3v) is 5.26. The number of piperidine rings is 1. The van der Waals surface area contributed by atoms with Crippen molar-refractivity contribution in [3.8, 4) is 0 Å². The molecule has 5 heteroatoms. The van der Waals surface area contributed by atoms with Gasteiger partial charge in [0.15, 0.2) is 0 Å². The Kier molecular flexibility index (Phi) is 3.01. The highest BCUT2D eigenvalue weighted by Gasteiger charge is 2.37. The molecule has 0 radical (unpaired) electrons. The summed E-state index contributed by atoms with van der Waals surface area (Å²) in [5.74, 6) is -0.856. The fraction of sp³-hybridized carbons (Fsp3) is 0.375. The fourth-order valence-corrected chi connectivity index (χ4v) is 4.25. The topological polar surface area (TPSA) is 53.4 Å². The van der Waals surface area contributed by atoms with Gasteiger partial charge < -0.3 is 5.11 Å². The van der Waals surface area contributed by atoms with Crippen LogP contribution in [0.25, 0.3) is 10.9 Å². The van der Waals surface area contributed by atoms with Gasteiger partial charge in [-0.25, -0.2) is 4.79 Å². The van der Waals surface area contributed by atoms with Gasteiger partial charge in [0.25, 0.3) is 0 Å². The average Bonchev–Trinajstić information content (AvgIpc) is 2.83. The van der Waals surface area contributed by atoms with Crippen LogP contribution in [0.4, 0.5) is 0 Å². The molecule has 1 atom stereocenters. The van der Waals surface area contributed by atoms with Gasteiger partial charge in [0.1, 0.15) is 0 Å². The van der Waals surface area contributed by atoms with Crippen LogP contribution >= 0.6 is 15.9 Å². The summed E-state index contributed by atoms with van der Waals surface area (Å²) in [6.45, 7) is 1.75. The predicted molar refractivity (Wildman–Crippen MR) is 83.4 cm³/mol. The highest BCUT2D eigenvalue weighted by atomic mass is 79.9. The Morgan fingerprint density at radius 2 is 2.24 bits per heavy atom. The van der Waals surface area contributed by atoms with Crippen molar-refractivity contribution in [2.75, 3.05) is 6.54 Å². The maximum absolute atomic E-state index is 11.9. The maximum Gasteiger partial charge on any atom is 0.336 e. The Morgan fingerprint density at radius 3 is 3.05 bits per heavy atom. The van der Waals surface area contributed by atoms with Crippen LogP contribution in [0.15, 0.2) is 22.7 Å². The lowest BCUT2D eigenvalue weighted by Crippen LogP contribution is -2.27. The van der Waals surface area contributed by atoms with Crippen molar-refractivity contribution in [3.05, 3.63) is 39.5 Å². The number of rotatable bonds is 1. The van der Waals surface area contributed by atoms with Gasteiger partial charge in [0, 0.05) is 22.0 Å². The van der Waals surface area contributed by atoms with Gasteiger partial charge in [-0.15, -0.1) is 0 Å². The summed E-state index contributed by atoms with van der Waals surface area (Å²) in [5.41, 5.74) is 3.09. The van der Waals surface area contributed by atoms with Crippen LogP contribution in [0.3, 0.4) is 0 Å². The number of aromatic nitrogens is 1. The van der Waals surface area contributed by atoms with Crippen LogP contribution in [0, 0.1) is 0 Å². The highest BCUT2D eigenvalue weighted by molar-refractivity contribution is 9.10. The Labute approximate surface area is 130 Å². The minimum atomic E-state index is -0.856. The van der Waals surface area contributed by atoms with Crippen LogP contribution < -0.4 is 0 Å². The van der Waals surface area contributed by atoms with Crippen LogP contribution in [0.1, 0.15) is 46.9 Å². The van der Waals surface area contributed by atoms with Gasteiger partial charge in [-0.05, 0) is 31.5 Å². The van der Waals surface area contributed by atoms with E-state index in [9.17, 15) is 9.90 Å². The first-order valence-corrected chi connectivity index (χ1v) is 8.04. The molecule has 1 unspecified atom stereocenters. The van der Waals surface area contributed by atoms with Crippen LogP contribution in [-0.2, 0) is 6.54 Å². The van der Waals surface area contributed by atoms with Gasteiger partial charge in [-0.3, -0.25) is 9.88 Å². The predicted octanol–water partition coefficient (Wildman–Crippen LogP) is 3.74. The summed E-state index contributed by atoms with van der Waals surface area (Å²) < 4.78 is 0.803. The van der Waals surface area contributed by atoms with E-state index >= 15 is 0 Å². The normalized spacial score (nSPS) is 21.3. The number of carbonyl (C=O) groups is 1. The van der Waals surface area contributed by atoms with Gasteiger partial charge >= 0.3 is 5.97 Å². The smallest absolute Gasteiger partial charge is 0.336 e. The molecule has 1 saturated heterocycles. The number of nitrogens with zero attached hydrogens (tertiary/aromatic N) is 2. The molecular formula is C16H15BrN2O2. The van der Waals surface area contributed by atoms with E-state index in [1.165, 1.54) is 12.8 Å². The molecule has 0 aliphatic carbocycles. The summed E-state index contributed by atoms with van der Waals surface area (Å²) in [5, 5.41) is 10.5. The van der Waals surface area contributed by atoms with Crippen molar-refractivity contribution in [3.63, 3.8) is 0 Å². The third-order valence-electron chi connectivity index (χ3n) is 4.60. The van der Waals surface area contributed by atoms with Gasteiger partial charge in [0.2, 0.25) is 0 Å². The van der Waals surface area contributed by atoms with Crippen molar-refractivity contribution in [2.45, 2.75) is 31.8 Å². The Bertz CT molecular complexity index is 760. The number of benzene rings is 1. The number of carboxylic acid groups (broad SMARTS) is 1. The molecule has 1 N–H and O–H groups in total. The maximum atomic E-state index is 11.9. The summed E-state index contributed by atoms with van der Waals surface area (Å²) in [6, 6.07) is 5.99. The third kappa shape index (κ3) is 1.91. The lowest BCUT2D eigenvalue weighted by atomic mass is 9.97. The van der Waals surface area contributed by atoms with Crippen molar-refractivity contribution < 1.29 is 9.90 Å². The zero-order valence-corrected chi connectivity index (χ0v) is 13.1. The molecule has 0 amide bonds. The van der Waals surface area contributed by atoms with E-state index in [1.54, 1.807) is 0 Å². The standard InChI is InChI=1S/C16H15BrN2O2/c17-10-4-3-5-11-14(10)13(16(20)21)9-8-19-7-2-1-6-12(19)15(9)18-11/h3-5,12H,1-2,6-8H2,(H,20,21). The molecule has 2 aliphatic heterocycles. The zero-order valence-electron chi connectivity index (χ0n) is 11.5. The molecule has 1 aromatic carbocycles. The summed E-state index contributed by atoms with van der Waals surface area (Å²) in [6.07, 6.45) is 3.47. The number of halogens is 1. The minimum absolute atomic E-state index is 0.301. The van der Waals surface area contributed by atoms with Crippen LogP contribution in [0.5, 0.6) is 0 Å². The lowest BCUT2D eigenvalue weighted by molar-refractivity contribution is 0.0697. The first-order chi connectivity index (χ1) is 10.2. The lowest BCUT2D eigenvalue weighted by Gasteiger charge is -2.28. The van der Waals surface area contributed by atoms with E-state index < -0.39 is 5.97 Å². The van der Waals surface area contributed by atoms with Gasteiger partial charge in [-0.1, -0.05) is 28.4 Å². The molecule has 4 nitrogen and oxygen atoms in total. The first-order valence-electron chi connectivity index (χ1n) is 7.25. The molecule has 2 aromatic rings. The highest BCUT2D eigenvalue weighted by Crippen LogP contribution is 2.43. The monoisotopic (exact) mass is 346 g/mol. The van der Waals surface area contributed by atoms with E-state index in [2.05, 4.69) is 20.8 Å². The number of hydrogen-bond donors (Lipinski definition) is 1. The molecule has 0 bridgehead atoms. The second-order valence-electron chi connectivity index (χ2n) is 5.77. The van der Waals surface area contributed by atoms with E-state index in [1.807, 2.05) is 18.2 Å². The largest absolute Gasteiger partial charge is 0.478 e. The molecule has 1 aromatic heterocycles. The number of aromatic carboxylic acids is 1. The van der Waals surface area contributed by atoms with Gasteiger partial charge in [0.05, 0.1) is 22.8 Å². The van der Waals surface area contributed by atoms with Crippen molar-refractivity contribution in [2.24, 2.45) is 0 Å². The molecule has 108 valence electrons. The minimum Gasteiger partial charge on any atom is -0.478 e. The number of pyridine rings is 1. The van der Waals surface area contributed by atoms with Crippen molar-refractivity contribution in [1.82, 2.24) is 9.88 Å². The summed E-state index contributed by atoms with van der Waals surface area (Å²) in [7, 11) is 0. The molecule has 3 heterocycles. The second kappa shape index (κ2) is 4.78. The number of carboxylic acids is 1. The summed E-state index contributed by atoms with van der Waals surface area (Å²) >= 11 is 3.48. The van der Waals surface area contributed by atoms with Gasteiger partial charge in [-0.2, -0.15) is 0 Å². The second-order valence-corrected chi connectivity index (χ2v) is 6.63. The Morgan fingerprint density at radius 1 is 1.38 bits per heavy atom. The Hall–Kier alpha value is -1.46. The SMILES string of the molecule is O=C(O)c1c2c(nc3cccc(Br)c13)C1CCCCN1C2.